The van der Waals surface area contributed by atoms with Crippen LogP contribution in [0.1, 0.15) is 59.7 Å². The molecule has 6 rings (SSSR count). The highest BCUT2D eigenvalue weighted by Crippen LogP contribution is 2.69. The Morgan fingerprint density at radius 3 is 2.37 bits per heavy atom. The number of halogens is 3. The van der Waals surface area contributed by atoms with E-state index in [-0.39, 0.29) is 22.8 Å². The molecule has 0 saturated heterocycles. The molecule has 3 fully saturated rings. The lowest BCUT2D eigenvalue weighted by molar-refractivity contribution is -0.175. The molecule has 1 aromatic heterocycles. The van der Waals surface area contributed by atoms with E-state index in [0.29, 0.717) is 24.9 Å². The van der Waals surface area contributed by atoms with Crippen LogP contribution in [0.4, 0.5) is 13.2 Å². The number of hydrogen-bond acceptors (Lipinski definition) is 3. The third kappa shape index (κ3) is 4.09. The van der Waals surface area contributed by atoms with Crippen molar-refractivity contribution in [2.24, 2.45) is 5.41 Å². The molecular formula is C27H27F3N2O3. The molecule has 3 aliphatic rings. The van der Waals surface area contributed by atoms with Crippen molar-refractivity contribution in [3.63, 3.8) is 0 Å². The molecule has 2 bridgehead atoms. The first-order valence-electron chi connectivity index (χ1n) is 11.7. The Kier molecular flexibility index (Phi) is 5.45. The number of carbonyl (C=O) groups excluding carboxylic acids is 2. The van der Waals surface area contributed by atoms with Crippen LogP contribution in [-0.2, 0) is 28.7 Å². The van der Waals surface area contributed by atoms with E-state index in [1.54, 1.807) is 0 Å². The van der Waals surface area contributed by atoms with Crippen LogP contribution in [0.2, 0.25) is 0 Å². The number of benzene rings is 2. The SMILES string of the molecule is CCn1cc(C(=O)NC23CC(CC(=O)OC)(C2)C3)c2c(Cc3ccc(C(F)(F)F)cc3)cccc21. The first-order chi connectivity index (χ1) is 16.6. The summed E-state index contributed by atoms with van der Waals surface area (Å²) in [6.07, 6.45) is 0.582. The average molecular weight is 485 g/mol. The summed E-state index contributed by atoms with van der Waals surface area (Å²) >= 11 is 0. The lowest BCUT2D eigenvalue weighted by atomic mass is 9.38. The van der Waals surface area contributed by atoms with Crippen LogP contribution in [0.15, 0.2) is 48.7 Å². The third-order valence-corrected chi connectivity index (χ3v) is 7.52. The van der Waals surface area contributed by atoms with Gasteiger partial charge in [0.15, 0.2) is 0 Å². The number of aromatic nitrogens is 1. The lowest BCUT2D eigenvalue weighted by Gasteiger charge is -2.70. The number of alkyl halides is 3. The van der Waals surface area contributed by atoms with Gasteiger partial charge in [0.2, 0.25) is 0 Å². The van der Waals surface area contributed by atoms with Gasteiger partial charge in [0.05, 0.1) is 24.7 Å². The van der Waals surface area contributed by atoms with E-state index < -0.39 is 11.7 Å². The van der Waals surface area contributed by atoms with E-state index in [1.165, 1.54) is 19.2 Å². The highest BCUT2D eigenvalue weighted by molar-refractivity contribution is 6.08. The van der Waals surface area contributed by atoms with Crippen LogP contribution in [0.25, 0.3) is 10.9 Å². The molecule has 5 nitrogen and oxygen atoms in total. The zero-order valence-electron chi connectivity index (χ0n) is 19.7. The normalized spacial score (nSPS) is 22.9. The largest absolute Gasteiger partial charge is 0.469 e. The molecule has 3 aromatic rings. The number of carbonyl (C=O) groups is 2. The van der Waals surface area contributed by atoms with E-state index in [9.17, 15) is 22.8 Å². The van der Waals surface area contributed by atoms with Gasteiger partial charge in [-0.05, 0) is 67.3 Å². The number of hydrogen-bond donors (Lipinski definition) is 1. The van der Waals surface area contributed by atoms with Crippen molar-refractivity contribution in [2.75, 3.05) is 7.11 Å². The topological polar surface area (TPSA) is 60.3 Å². The Balaban J connectivity index is 1.40. The van der Waals surface area contributed by atoms with Gasteiger partial charge >= 0.3 is 12.1 Å². The zero-order valence-corrected chi connectivity index (χ0v) is 19.7. The first kappa shape index (κ1) is 23.5. The van der Waals surface area contributed by atoms with Gasteiger partial charge < -0.3 is 14.6 Å². The average Bonchev–Trinajstić information content (AvgIpc) is 3.16. The highest BCUT2D eigenvalue weighted by Gasteiger charge is 2.68. The minimum Gasteiger partial charge on any atom is -0.469 e. The van der Waals surface area contributed by atoms with Crippen molar-refractivity contribution >= 4 is 22.8 Å². The molecule has 0 radical (unpaired) electrons. The third-order valence-electron chi connectivity index (χ3n) is 7.52. The van der Waals surface area contributed by atoms with Gasteiger partial charge in [0, 0.05) is 29.2 Å². The number of nitrogens with one attached hydrogen (secondary N) is 1. The summed E-state index contributed by atoms with van der Waals surface area (Å²) in [4.78, 5) is 25.1. The van der Waals surface area contributed by atoms with Crippen molar-refractivity contribution in [3.05, 3.63) is 70.9 Å². The predicted octanol–water partition coefficient (Wildman–Crippen LogP) is 5.49. The molecule has 3 aliphatic carbocycles. The first-order valence-corrected chi connectivity index (χ1v) is 11.7. The fourth-order valence-corrected chi connectivity index (χ4v) is 6.04. The molecule has 2 aromatic carbocycles. The maximum Gasteiger partial charge on any atom is 0.416 e. The molecule has 1 amide bonds. The number of rotatable bonds is 7. The maximum absolute atomic E-state index is 13.4. The van der Waals surface area contributed by atoms with Gasteiger partial charge in [-0.3, -0.25) is 9.59 Å². The summed E-state index contributed by atoms with van der Waals surface area (Å²) in [5, 5.41) is 4.03. The minimum atomic E-state index is -4.38. The number of methoxy groups -OCH3 is 1. The second-order valence-electron chi connectivity index (χ2n) is 10.0. The van der Waals surface area contributed by atoms with Gasteiger partial charge in [0.1, 0.15) is 0 Å². The fourth-order valence-electron chi connectivity index (χ4n) is 6.04. The predicted molar refractivity (Wildman–Crippen MR) is 125 cm³/mol. The van der Waals surface area contributed by atoms with Crippen molar-refractivity contribution in [1.82, 2.24) is 9.88 Å². The Morgan fingerprint density at radius 2 is 1.77 bits per heavy atom. The Hall–Kier alpha value is -3.29. The van der Waals surface area contributed by atoms with Crippen molar-refractivity contribution in [2.45, 2.75) is 57.3 Å². The van der Waals surface area contributed by atoms with Crippen molar-refractivity contribution in [1.29, 1.82) is 0 Å². The molecule has 0 atom stereocenters. The molecule has 3 saturated carbocycles. The molecule has 35 heavy (non-hydrogen) atoms. The molecule has 0 spiro atoms. The number of ether oxygens (including phenoxy) is 1. The standard InChI is InChI=1S/C27H27F3N2O3/c1-3-32-13-20(24(34)31-26-14-25(15-26,16-26)12-22(33)35-2)23-18(5-4-6-21(23)32)11-17-7-9-19(10-8-17)27(28,29)30/h4-10,13H,3,11-12,14-16H2,1-2H3,(H,31,34). The molecule has 1 N–H and O–H groups in total. The van der Waals surface area contributed by atoms with Crippen LogP contribution >= 0.6 is 0 Å². The van der Waals surface area contributed by atoms with Crippen molar-refractivity contribution in [3.8, 4) is 0 Å². The van der Waals surface area contributed by atoms with E-state index in [1.807, 2.05) is 35.9 Å². The van der Waals surface area contributed by atoms with Gasteiger partial charge in [-0.2, -0.15) is 13.2 Å². The Bertz CT molecular complexity index is 1290. The summed E-state index contributed by atoms with van der Waals surface area (Å²) < 4.78 is 45.6. The zero-order chi connectivity index (χ0) is 25.0. The van der Waals surface area contributed by atoms with Gasteiger partial charge in [-0.25, -0.2) is 0 Å². The molecule has 8 heteroatoms. The summed E-state index contributed by atoms with van der Waals surface area (Å²) in [5.41, 5.74) is 2.11. The number of aryl methyl sites for hydroxylation is 1. The Morgan fingerprint density at radius 1 is 1.09 bits per heavy atom. The number of esters is 1. The maximum atomic E-state index is 13.4. The van der Waals surface area contributed by atoms with Gasteiger partial charge in [-0.1, -0.05) is 24.3 Å². The molecule has 1 heterocycles. The summed E-state index contributed by atoms with van der Waals surface area (Å²) in [6, 6.07) is 10.9. The molecule has 0 aliphatic heterocycles. The second kappa shape index (κ2) is 8.14. The van der Waals surface area contributed by atoms with Crippen LogP contribution in [0.3, 0.4) is 0 Å². The van der Waals surface area contributed by atoms with E-state index >= 15 is 0 Å². The van der Waals surface area contributed by atoms with E-state index in [0.717, 1.165) is 53.4 Å². The Labute approximate surface area is 201 Å². The van der Waals surface area contributed by atoms with Crippen molar-refractivity contribution < 1.29 is 27.5 Å². The summed E-state index contributed by atoms with van der Waals surface area (Å²) in [6.45, 7) is 2.68. The monoisotopic (exact) mass is 484 g/mol. The van der Waals surface area contributed by atoms with Crippen LogP contribution in [-0.4, -0.2) is 29.1 Å². The number of fused-ring (bicyclic) bond motifs is 1. The minimum absolute atomic E-state index is 0.0501. The fraction of sp³-hybridized carbons (Fsp3) is 0.407. The van der Waals surface area contributed by atoms with Gasteiger partial charge in [-0.15, -0.1) is 0 Å². The van der Waals surface area contributed by atoms with E-state index in [4.69, 9.17) is 4.74 Å². The lowest BCUT2D eigenvalue weighted by Crippen LogP contribution is -2.75. The summed E-state index contributed by atoms with van der Waals surface area (Å²) in [5.74, 6) is -0.378. The van der Waals surface area contributed by atoms with E-state index in [2.05, 4.69) is 5.32 Å². The molecule has 184 valence electrons. The smallest absolute Gasteiger partial charge is 0.416 e. The summed E-state index contributed by atoms with van der Waals surface area (Å²) in [7, 11) is 1.39. The van der Waals surface area contributed by atoms with Crippen LogP contribution in [0.5, 0.6) is 0 Å². The number of nitrogens with zero attached hydrogens (tertiary/aromatic N) is 1. The van der Waals surface area contributed by atoms with Crippen LogP contribution in [0, 0.1) is 5.41 Å². The quantitative estimate of drug-likeness (QED) is 0.452. The highest BCUT2D eigenvalue weighted by atomic mass is 19.4. The molecular weight excluding hydrogens is 457 g/mol. The molecule has 0 unspecified atom stereocenters. The second-order valence-corrected chi connectivity index (χ2v) is 10.0. The number of amides is 1. The van der Waals surface area contributed by atoms with Gasteiger partial charge in [0.25, 0.3) is 5.91 Å². The van der Waals surface area contributed by atoms with Crippen LogP contribution < -0.4 is 5.32 Å².